The Hall–Kier alpha value is -1.05. The van der Waals surface area contributed by atoms with Gasteiger partial charge in [-0.2, -0.15) is 35.3 Å². The standard InChI is InChI=1S/C22H36N2O2.C6H12S3.CH4/c1-5-17-23(18-6-2)21(25)15-13-11-9-10-12-14-16-22(26)24(19-7-3)20-8-4;1-2-8-5-6-9-4-3-7-1;/h5-8H,1-4,9-20H2;1-6H2;1H4. The van der Waals surface area contributed by atoms with Crippen molar-refractivity contribution in [3.05, 3.63) is 50.6 Å². The maximum absolute atomic E-state index is 12.1. The zero-order valence-corrected chi connectivity index (χ0v) is 24.3. The monoisotopic (exact) mass is 556 g/mol. The summed E-state index contributed by atoms with van der Waals surface area (Å²) in [6.45, 7) is 17.0. The summed E-state index contributed by atoms with van der Waals surface area (Å²) in [5.41, 5.74) is 0. The van der Waals surface area contributed by atoms with Crippen LogP contribution in [-0.2, 0) is 9.59 Å². The topological polar surface area (TPSA) is 40.6 Å². The van der Waals surface area contributed by atoms with Crippen LogP contribution in [0.15, 0.2) is 50.6 Å². The first-order chi connectivity index (χ1) is 17.1. The van der Waals surface area contributed by atoms with Crippen LogP contribution in [0.1, 0.15) is 58.8 Å². The highest BCUT2D eigenvalue weighted by atomic mass is 32.2. The van der Waals surface area contributed by atoms with E-state index in [4.69, 9.17) is 0 Å². The van der Waals surface area contributed by atoms with Crippen molar-refractivity contribution in [2.24, 2.45) is 0 Å². The second-order valence-electron chi connectivity index (χ2n) is 8.21. The fraction of sp³-hybridized carbons (Fsp3) is 0.655. The first-order valence-electron chi connectivity index (χ1n) is 12.8. The van der Waals surface area contributed by atoms with Crippen LogP contribution < -0.4 is 0 Å². The number of thioether (sulfide) groups is 3. The van der Waals surface area contributed by atoms with Crippen molar-refractivity contribution in [3.63, 3.8) is 0 Å². The van der Waals surface area contributed by atoms with E-state index in [1.165, 1.54) is 34.5 Å². The Morgan fingerprint density at radius 2 is 0.778 bits per heavy atom. The van der Waals surface area contributed by atoms with Crippen molar-refractivity contribution < 1.29 is 9.59 Å². The van der Waals surface area contributed by atoms with Crippen molar-refractivity contribution >= 4 is 47.1 Å². The predicted octanol–water partition coefficient (Wildman–Crippen LogP) is 7.34. The molecule has 0 aromatic rings. The molecule has 1 fully saturated rings. The molecule has 0 atom stereocenters. The Morgan fingerprint density at radius 3 is 1.03 bits per heavy atom. The van der Waals surface area contributed by atoms with Crippen molar-refractivity contribution in [2.45, 2.75) is 58.8 Å². The van der Waals surface area contributed by atoms with Gasteiger partial charge in [0.1, 0.15) is 0 Å². The Bertz CT molecular complexity index is 509. The first kappa shape index (κ1) is 37.1. The SMILES string of the molecule is C.C1CSCCSCCS1.C=CCN(CC=C)C(=O)CCCCCCCCC(=O)N(CC=C)CC=C. The average Bonchev–Trinajstić information content (AvgIpc) is 3.01. The lowest BCUT2D eigenvalue weighted by molar-refractivity contribution is -0.131. The molecule has 0 saturated carbocycles. The minimum Gasteiger partial charge on any atom is -0.335 e. The average molecular weight is 557 g/mol. The molecule has 0 radical (unpaired) electrons. The van der Waals surface area contributed by atoms with E-state index >= 15 is 0 Å². The Labute approximate surface area is 235 Å². The summed E-state index contributed by atoms with van der Waals surface area (Å²) in [7, 11) is 0. The molecule has 0 aromatic carbocycles. The summed E-state index contributed by atoms with van der Waals surface area (Å²) < 4.78 is 0. The van der Waals surface area contributed by atoms with Crippen molar-refractivity contribution in [1.82, 2.24) is 9.80 Å². The molecule has 0 bridgehead atoms. The molecule has 208 valence electrons. The predicted molar refractivity (Wildman–Crippen MR) is 170 cm³/mol. The summed E-state index contributed by atoms with van der Waals surface area (Å²) in [6.07, 6.45) is 14.3. The van der Waals surface area contributed by atoms with E-state index in [1.54, 1.807) is 34.1 Å². The number of nitrogens with zero attached hydrogens (tertiary/aromatic N) is 2. The molecule has 0 aliphatic carbocycles. The number of rotatable bonds is 17. The van der Waals surface area contributed by atoms with Crippen molar-refractivity contribution in [3.8, 4) is 0 Å². The molecule has 1 aliphatic rings. The highest BCUT2D eigenvalue weighted by molar-refractivity contribution is 8.06. The van der Waals surface area contributed by atoms with Gasteiger partial charge in [0.15, 0.2) is 0 Å². The number of hydrogen-bond acceptors (Lipinski definition) is 5. The van der Waals surface area contributed by atoms with Gasteiger partial charge in [-0.25, -0.2) is 0 Å². The molecular formula is C29H52N2O2S3. The molecule has 7 heteroatoms. The molecule has 0 N–H and O–H groups in total. The molecule has 0 spiro atoms. The summed E-state index contributed by atoms with van der Waals surface area (Å²) >= 11 is 6.30. The van der Waals surface area contributed by atoms with Crippen LogP contribution in [0.2, 0.25) is 0 Å². The summed E-state index contributed by atoms with van der Waals surface area (Å²) in [6, 6.07) is 0. The maximum atomic E-state index is 12.1. The van der Waals surface area contributed by atoms with E-state index in [9.17, 15) is 9.59 Å². The Balaban J connectivity index is 0. The molecular weight excluding hydrogens is 505 g/mol. The Morgan fingerprint density at radius 1 is 0.528 bits per heavy atom. The minimum absolute atomic E-state index is 0. The van der Waals surface area contributed by atoms with Gasteiger partial charge in [-0.15, -0.1) is 26.3 Å². The molecule has 2 amide bonds. The van der Waals surface area contributed by atoms with Gasteiger partial charge in [-0.1, -0.05) is 57.4 Å². The summed E-state index contributed by atoms with van der Waals surface area (Å²) in [4.78, 5) is 27.7. The second-order valence-corrected chi connectivity index (χ2v) is 11.9. The van der Waals surface area contributed by atoms with E-state index < -0.39 is 0 Å². The molecule has 1 saturated heterocycles. The van der Waals surface area contributed by atoms with Gasteiger partial charge >= 0.3 is 0 Å². The molecule has 1 heterocycles. The van der Waals surface area contributed by atoms with Crippen LogP contribution in [0.3, 0.4) is 0 Å². The zero-order valence-electron chi connectivity index (χ0n) is 21.8. The maximum Gasteiger partial charge on any atom is 0.223 e. The van der Waals surface area contributed by atoms with E-state index in [0.29, 0.717) is 39.0 Å². The van der Waals surface area contributed by atoms with Crippen LogP contribution in [0, 0.1) is 0 Å². The highest BCUT2D eigenvalue weighted by Gasteiger charge is 2.11. The normalized spacial score (nSPS) is 13.2. The van der Waals surface area contributed by atoms with Crippen LogP contribution in [0.5, 0.6) is 0 Å². The van der Waals surface area contributed by atoms with E-state index in [1.807, 2.05) is 0 Å². The zero-order chi connectivity index (χ0) is 26.0. The number of hydrogen-bond donors (Lipinski definition) is 0. The van der Waals surface area contributed by atoms with E-state index in [2.05, 4.69) is 61.6 Å². The van der Waals surface area contributed by atoms with Gasteiger partial charge in [0, 0.05) is 73.5 Å². The third kappa shape index (κ3) is 22.2. The third-order valence-electron chi connectivity index (χ3n) is 5.25. The quantitative estimate of drug-likeness (QED) is 0.138. The van der Waals surface area contributed by atoms with Crippen LogP contribution in [0.4, 0.5) is 0 Å². The van der Waals surface area contributed by atoms with Crippen molar-refractivity contribution in [2.75, 3.05) is 60.7 Å². The Kier molecular flexibility index (Phi) is 29.4. The lowest BCUT2D eigenvalue weighted by Gasteiger charge is -2.19. The highest BCUT2D eigenvalue weighted by Crippen LogP contribution is 2.15. The number of carbonyl (C=O) groups excluding carboxylic acids is 2. The number of amides is 2. The molecule has 0 aromatic heterocycles. The lowest BCUT2D eigenvalue weighted by atomic mass is 10.1. The summed E-state index contributed by atoms with van der Waals surface area (Å²) in [5.74, 6) is 8.53. The molecule has 36 heavy (non-hydrogen) atoms. The van der Waals surface area contributed by atoms with Gasteiger partial charge in [0.25, 0.3) is 0 Å². The number of carbonyl (C=O) groups is 2. The second kappa shape index (κ2) is 28.5. The van der Waals surface area contributed by atoms with Gasteiger partial charge < -0.3 is 9.80 Å². The minimum atomic E-state index is 0. The van der Waals surface area contributed by atoms with Crippen LogP contribution in [0.25, 0.3) is 0 Å². The van der Waals surface area contributed by atoms with E-state index in [0.717, 1.165) is 38.5 Å². The van der Waals surface area contributed by atoms with Gasteiger partial charge in [0.05, 0.1) is 0 Å². The van der Waals surface area contributed by atoms with Crippen molar-refractivity contribution in [1.29, 1.82) is 0 Å². The molecule has 1 aliphatic heterocycles. The lowest BCUT2D eigenvalue weighted by Crippen LogP contribution is -2.31. The van der Waals surface area contributed by atoms with Gasteiger partial charge in [0.2, 0.25) is 11.8 Å². The largest absolute Gasteiger partial charge is 0.335 e. The van der Waals surface area contributed by atoms with Gasteiger partial charge in [-0.05, 0) is 12.8 Å². The fourth-order valence-corrected chi connectivity index (χ4v) is 6.86. The molecule has 0 unspecified atom stereocenters. The molecule has 1 rings (SSSR count). The fourth-order valence-electron chi connectivity index (χ4n) is 3.42. The first-order valence-corrected chi connectivity index (χ1v) is 16.3. The summed E-state index contributed by atoms with van der Waals surface area (Å²) in [5, 5.41) is 0. The van der Waals surface area contributed by atoms with Gasteiger partial charge in [-0.3, -0.25) is 9.59 Å². The smallest absolute Gasteiger partial charge is 0.223 e. The third-order valence-corrected chi connectivity index (χ3v) is 8.98. The van der Waals surface area contributed by atoms with Crippen LogP contribution >= 0.6 is 35.3 Å². The molecule has 4 nitrogen and oxygen atoms in total. The number of unbranched alkanes of at least 4 members (excludes halogenated alkanes) is 5. The van der Waals surface area contributed by atoms with E-state index in [-0.39, 0.29) is 19.2 Å². The van der Waals surface area contributed by atoms with Crippen LogP contribution in [-0.4, -0.2) is 82.3 Å².